The molecule has 2 nitrogen and oxygen atoms in total. The largest absolute Gasteiger partial charge is 1.00 e. The molecule has 1 aliphatic heterocycles. The van der Waals surface area contributed by atoms with Gasteiger partial charge in [-0.25, -0.2) is 0 Å². The van der Waals surface area contributed by atoms with Crippen molar-refractivity contribution in [3.8, 4) is 0 Å². The maximum atomic E-state index is 11.6. The van der Waals surface area contributed by atoms with Crippen LogP contribution in [0.25, 0.3) is 0 Å². The van der Waals surface area contributed by atoms with Crippen LogP contribution in [0.4, 0.5) is 0 Å². The van der Waals surface area contributed by atoms with E-state index >= 15 is 0 Å². The third-order valence-corrected chi connectivity index (χ3v) is 8.54. The molecule has 0 bridgehead atoms. The molecule has 1 saturated heterocycles. The molecule has 0 N–H and O–H groups in total. The molecule has 0 radical (unpaired) electrons. The molecule has 2 aliphatic rings. The van der Waals surface area contributed by atoms with Gasteiger partial charge in [0.05, 0.1) is 0 Å². The van der Waals surface area contributed by atoms with Crippen molar-refractivity contribution in [3.05, 3.63) is 20.3 Å². The van der Waals surface area contributed by atoms with Gasteiger partial charge in [-0.2, -0.15) is 0 Å². The molecule has 0 saturated carbocycles. The number of hydrogen-bond acceptors (Lipinski definition) is 2. The van der Waals surface area contributed by atoms with E-state index in [-0.39, 0.29) is 53.5 Å². The molecule has 1 aliphatic carbocycles. The van der Waals surface area contributed by atoms with Crippen LogP contribution < -0.4 is 24.8 Å². The van der Waals surface area contributed by atoms with Crippen LogP contribution in [0.5, 0.6) is 0 Å². The summed E-state index contributed by atoms with van der Waals surface area (Å²) in [5.74, 6) is 0.368. The summed E-state index contributed by atoms with van der Waals surface area (Å²) in [5.41, 5.74) is 0. The minimum Gasteiger partial charge on any atom is -1.00 e. The molecule has 0 amide bonds. The zero-order chi connectivity index (χ0) is 12.5. The van der Waals surface area contributed by atoms with Crippen LogP contribution in [0.15, 0.2) is 20.3 Å². The van der Waals surface area contributed by atoms with Gasteiger partial charge in [0.25, 0.3) is 0 Å². The summed E-state index contributed by atoms with van der Waals surface area (Å²) in [5, 5.41) is 3.02. The third-order valence-electron chi connectivity index (χ3n) is 2.89. The third kappa shape index (κ3) is 6.42. The van der Waals surface area contributed by atoms with Crippen molar-refractivity contribution in [1.29, 1.82) is 0 Å². The molecule has 7 heteroatoms. The molecule has 0 aromatic heterocycles. The van der Waals surface area contributed by atoms with Crippen LogP contribution in [0.3, 0.4) is 0 Å². The van der Waals surface area contributed by atoms with Gasteiger partial charge in [0.1, 0.15) is 0 Å². The molecule has 0 atom stereocenters. The van der Waals surface area contributed by atoms with E-state index in [2.05, 4.69) is 19.6 Å². The van der Waals surface area contributed by atoms with Crippen LogP contribution in [-0.2, 0) is 28.4 Å². The quantitative estimate of drug-likeness (QED) is 0.337. The summed E-state index contributed by atoms with van der Waals surface area (Å²) >= 11 is -0.132. The molecular formula is C12H20Cl2O2Si2Ti. The van der Waals surface area contributed by atoms with Crippen molar-refractivity contribution in [2.24, 2.45) is 0 Å². The average molecular weight is 371 g/mol. The standard InChI is InChI=1S/C7H17OSi.C5H3OSi.2ClH.Ti/c1-5-6-7-8-9(2,3)4;6-3-1-4-5(2-3)7-4;;;/h1,5-7H2,2-4H3;1H,7H2;2*1H;/q;;;;+2/p-2. The van der Waals surface area contributed by atoms with Gasteiger partial charge in [-0.05, 0) is 0 Å². The van der Waals surface area contributed by atoms with Crippen molar-refractivity contribution in [3.63, 3.8) is 0 Å². The summed E-state index contributed by atoms with van der Waals surface area (Å²) in [6.07, 6.45) is 4.32. The number of carbonyl (C=O) groups is 1. The van der Waals surface area contributed by atoms with E-state index in [0.29, 0.717) is 5.78 Å². The number of halogens is 2. The Balaban J connectivity index is 0.00000162. The molecule has 0 spiro atoms. The fourth-order valence-electron chi connectivity index (χ4n) is 1.93. The second-order valence-corrected chi connectivity index (χ2v) is 14.1. The molecule has 0 aromatic rings. The van der Waals surface area contributed by atoms with Gasteiger partial charge in [-0.15, -0.1) is 0 Å². The fourth-order valence-corrected chi connectivity index (χ4v) is 7.12. The molecule has 106 valence electrons. The molecule has 2 rings (SSSR count). The van der Waals surface area contributed by atoms with Gasteiger partial charge in [0.2, 0.25) is 0 Å². The van der Waals surface area contributed by atoms with Crippen LogP contribution in [0.2, 0.25) is 24.4 Å². The predicted molar refractivity (Wildman–Crippen MR) is 72.0 cm³/mol. The van der Waals surface area contributed by atoms with Gasteiger partial charge >= 0.3 is 116 Å². The van der Waals surface area contributed by atoms with E-state index in [1.165, 1.54) is 26.6 Å². The molecule has 19 heavy (non-hydrogen) atoms. The zero-order valence-corrected chi connectivity index (χ0v) is 17.2. The van der Waals surface area contributed by atoms with Gasteiger partial charge in [-0.1, -0.05) is 0 Å². The van der Waals surface area contributed by atoms with Crippen LogP contribution >= 0.6 is 0 Å². The summed E-state index contributed by atoms with van der Waals surface area (Å²) in [6, 6.07) is 0. The van der Waals surface area contributed by atoms with Crippen molar-refractivity contribution < 1.29 is 53.2 Å². The second kappa shape index (κ2) is 8.32. The summed E-state index contributed by atoms with van der Waals surface area (Å²) < 4.78 is 8.38. The topological polar surface area (TPSA) is 26.3 Å². The van der Waals surface area contributed by atoms with Gasteiger partial charge in [0.15, 0.2) is 0 Å². The Morgan fingerprint density at radius 3 is 2.47 bits per heavy atom. The Morgan fingerprint density at radius 2 is 1.95 bits per heavy atom. The van der Waals surface area contributed by atoms with Gasteiger partial charge in [0, 0.05) is 0 Å². The second-order valence-electron chi connectivity index (χ2n) is 5.66. The predicted octanol–water partition coefficient (Wildman–Crippen LogP) is -4.01. The summed E-state index contributed by atoms with van der Waals surface area (Å²) in [7, 11) is -1.33. The van der Waals surface area contributed by atoms with E-state index in [9.17, 15) is 4.79 Å². The van der Waals surface area contributed by atoms with E-state index in [4.69, 9.17) is 4.43 Å². The minimum atomic E-state index is -1.31. The molecule has 0 unspecified atom stereocenters. The first-order valence-electron chi connectivity index (χ1n) is 6.33. The Hall–Kier alpha value is 0.838. The molecule has 1 fully saturated rings. The van der Waals surface area contributed by atoms with Crippen LogP contribution in [0.1, 0.15) is 12.8 Å². The molecular weight excluding hydrogens is 351 g/mol. The van der Waals surface area contributed by atoms with Crippen LogP contribution in [0, 0.1) is 0 Å². The van der Waals surface area contributed by atoms with E-state index in [1.54, 1.807) is 5.20 Å². The monoisotopic (exact) mass is 370 g/mol. The van der Waals surface area contributed by atoms with Crippen molar-refractivity contribution in [1.82, 2.24) is 0 Å². The minimum absolute atomic E-state index is 0. The van der Waals surface area contributed by atoms with Crippen molar-refractivity contribution >= 4 is 23.6 Å². The van der Waals surface area contributed by atoms with Gasteiger partial charge in [-0.3, -0.25) is 0 Å². The smallest absolute Gasteiger partial charge is 1.00 e. The maximum Gasteiger partial charge on any atom is -1.00 e. The average Bonchev–Trinajstić information content (AvgIpc) is 2.87. The first kappa shape index (κ1) is 19.8. The normalized spacial score (nSPS) is 17.4. The van der Waals surface area contributed by atoms with E-state index < -0.39 is 8.32 Å². The first-order chi connectivity index (χ1) is 7.97. The SMILES string of the molecule is C[Si](C)(C)OCCC[CH2][Ti+2][C]1=C2[SiH2]C2=CC1=O.[Cl-].[Cl-]. The Bertz CT molecular complexity index is 403. The number of hydrogen-bond donors (Lipinski definition) is 0. The Kier molecular flexibility index (Phi) is 8.69. The number of rotatable bonds is 7. The Morgan fingerprint density at radius 1 is 1.26 bits per heavy atom. The fraction of sp³-hybridized carbons (Fsp3) is 0.583. The maximum absolute atomic E-state index is 11.6. The number of allylic oxidation sites excluding steroid dienone is 4. The number of fused-ring (bicyclic) bond motifs is 1. The van der Waals surface area contributed by atoms with Crippen molar-refractivity contribution in [2.75, 3.05) is 6.61 Å². The molecule has 1 heterocycles. The Labute approximate surface area is 140 Å². The zero-order valence-electron chi connectivity index (χ0n) is 11.7. The molecule has 0 aromatic carbocycles. The number of carbonyl (C=O) groups excluding carboxylic acids is 1. The van der Waals surface area contributed by atoms with E-state index in [0.717, 1.165) is 6.61 Å². The van der Waals surface area contributed by atoms with Crippen LogP contribution in [-0.4, -0.2) is 30.2 Å². The number of ketones is 1. The van der Waals surface area contributed by atoms with Gasteiger partial charge < -0.3 is 24.8 Å². The number of unbranched alkanes of at least 4 members (excludes halogenated alkanes) is 1. The summed E-state index contributed by atoms with van der Waals surface area (Å²) in [6.45, 7) is 7.61. The van der Waals surface area contributed by atoms with E-state index in [1.807, 2.05) is 6.08 Å². The van der Waals surface area contributed by atoms with Crippen molar-refractivity contribution in [2.45, 2.75) is 37.2 Å². The first-order valence-corrected chi connectivity index (χ1v) is 13.0. The summed E-state index contributed by atoms with van der Waals surface area (Å²) in [4.78, 5) is 11.6.